The van der Waals surface area contributed by atoms with Crippen molar-refractivity contribution in [3.05, 3.63) is 0 Å². The highest BCUT2D eigenvalue weighted by molar-refractivity contribution is 4.89. The normalized spacial score (nSPS) is 27.8. The van der Waals surface area contributed by atoms with Gasteiger partial charge in [-0.25, -0.2) is 0 Å². The summed E-state index contributed by atoms with van der Waals surface area (Å²) < 4.78 is 0. The van der Waals surface area contributed by atoms with Gasteiger partial charge in [0, 0.05) is 0 Å². The first-order valence-corrected chi connectivity index (χ1v) is 8.57. The fraction of sp³-hybridized carbons (Fsp3) is 1.00. The minimum Gasteiger partial charge on any atom is -0.330 e. The van der Waals surface area contributed by atoms with E-state index in [-0.39, 0.29) is 0 Å². The number of rotatable bonds is 2. The van der Waals surface area contributed by atoms with Gasteiger partial charge in [-0.2, -0.15) is 0 Å². The third kappa shape index (κ3) is 3.73. The summed E-state index contributed by atoms with van der Waals surface area (Å²) in [6.45, 7) is 0.956. The molecule has 0 atom stereocenters. The first-order valence-electron chi connectivity index (χ1n) is 8.57. The van der Waals surface area contributed by atoms with Crippen molar-refractivity contribution in [1.29, 1.82) is 0 Å². The Morgan fingerprint density at radius 3 is 1.61 bits per heavy atom. The van der Waals surface area contributed by atoms with E-state index in [1.807, 2.05) is 0 Å². The van der Waals surface area contributed by atoms with Crippen molar-refractivity contribution in [2.75, 3.05) is 6.54 Å². The molecule has 0 spiro atoms. The van der Waals surface area contributed by atoms with E-state index in [2.05, 4.69) is 0 Å². The molecular formula is C17H33N. The highest BCUT2D eigenvalue weighted by Gasteiger charge is 2.36. The predicted molar refractivity (Wildman–Crippen MR) is 79.6 cm³/mol. The van der Waals surface area contributed by atoms with Gasteiger partial charge in [0.15, 0.2) is 0 Å². The molecule has 106 valence electrons. The zero-order valence-electron chi connectivity index (χ0n) is 12.3. The molecule has 0 heterocycles. The molecule has 0 aromatic heterocycles. The molecule has 0 saturated heterocycles. The van der Waals surface area contributed by atoms with Crippen LogP contribution in [0.3, 0.4) is 0 Å². The highest BCUT2D eigenvalue weighted by atomic mass is 14.6. The van der Waals surface area contributed by atoms with E-state index in [1.165, 1.54) is 89.9 Å². The molecule has 2 aliphatic carbocycles. The second-order valence-electron chi connectivity index (χ2n) is 6.88. The molecule has 2 fully saturated rings. The van der Waals surface area contributed by atoms with E-state index in [4.69, 9.17) is 5.73 Å². The van der Waals surface area contributed by atoms with Gasteiger partial charge in [-0.15, -0.1) is 0 Å². The van der Waals surface area contributed by atoms with Crippen molar-refractivity contribution < 1.29 is 0 Å². The summed E-state index contributed by atoms with van der Waals surface area (Å²) in [7, 11) is 0. The second kappa shape index (κ2) is 7.53. The fourth-order valence-corrected chi connectivity index (χ4v) is 4.46. The Morgan fingerprint density at radius 2 is 1.11 bits per heavy atom. The maximum atomic E-state index is 6.28. The Hall–Kier alpha value is -0.0400. The fourth-order valence-electron chi connectivity index (χ4n) is 4.46. The number of hydrogen-bond donors (Lipinski definition) is 1. The van der Waals surface area contributed by atoms with E-state index in [9.17, 15) is 0 Å². The second-order valence-corrected chi connectivity index (χ2v) is 6.88. The van der Waals surface area contributed by atoms with Crippen LogP contribution < -0.4 is 5.73 Å². The molecule has 2 aliphatic rings. The SMILES string of the molecule is NCC1(C2CCCCCCC2)CCCCCCC1. The highest BCUT2D eigenvalue weighted by Crippen LogP contribution is 2.45. The lowest BCUT2D eigenvalue weighted by molar-refractivity contribution is 0.0966. The van der Waals surface area contributed by atoms with Gasteiger partial charge in [-0.05, 0) is 43.6 Å². The van der Waals surface area contributed by atoms with Crippen LogP contribution in [0.4, 0.5) is 0 Å². The number of hydrogen-bond acceptors (Lipinski definition) is 1. The van der Waals surface area contributed by atoms with Gasteiger partial charge < -0.3 is 5.73 Å². The quantitative estimate of drug-likeness (QED) is 0.731. The molecule has 0 aromatic carbocycles. The van der Waals surface area contributed by atoms with Crippen LogP contribution in [0.25, 0.3) is 0 Å². The Balaban J connectivity index is 2.01. The van der Waals surface area contributed by atoms with Crippen LogP contribution in [0.2, 0.25) is 0 Å². The first kappa shape index (κ1) is 14.4. The van der Waals surface area contributed by atoms with Gasteiger partial charge in [0.2, 0.25) is 0 Å². The summed E-state index contributed by atoms with van der Waals surface area (Å²) >= 11 is 0. The van der Waals surface area contributed by atoms with Gasteiger partial charge in [0.1, 0.15) is 0 Å². The monoisotopic (exact) mass is 251 g/mol. The standard InChI is InChI=1S/C17H33N/c18-15-17(13-9-5-2-6-10-14-17)16-11-7-3-1-4-8-12-16/h16H,1-15,18H2. The van der Waals surface area contributed by atoms with Crippen LogP contribution in [0.5, 0.6) is 0 Å². The summed E-state index contributed by atoms with van der Waals surface area (Å²) in [5, 5.41) is 0. The third-order valence-electron chi connectivity index (χ3n) is 5.73. The van der Waals surface area contributed by atoms with E-state index >= 15 is 0 Å². The topological polar surface area (TPSA) is 26.0 Å². The summed E-state index contributed by atoms with van der Waals surface area (Å²) in [5.74, 6) is 0.945. The van der Waals surface area contributed by atoms with Crippen LogP contribution in [-0.4, -0.2) is 6.54 Å². The zero-order valence-corrected chi connectivity index (χ0v) is 12.3. The molecule has 0 aromatic rings. The molecule has 0 radical (unpaired) electrons. The Labute approximate surface area is 114 Å². The third-order valence-corrected chi connectivity index (χ3v) is 5.73. The lowest BCUT2D eigenvalue weighted by atomic mass is 9.64. The smallest absolute Gasteiger partial charge is 0.00179 e. The summed E-state index contributed by atoms with van der Waals surface area (Å²) in [6.07, 6.45) is 20.4. The maximum absolute atomic E-state index is 6.28. The lowest BCUT2D eigenvalue weighted by Gasteiger charge is -2.42. The summed E-state index contributed by atoms with van der Waals surface area (Å²) in [4.78, 5) is 0. The Morgan fingerprint density at radius 1 is 0.667 bits per heavy atom. The molecule has 0 aliphatic heterocycles. The molecule has 18 heavy (non-hydrogen) atoms. The molecule has 0 amide bonds. The molecule has 2 saturated carbocycles. The van der Waals surface area contributed by atoms with Crippen molar-refractivity contribution in [3.63, 3.8) is 0 Å². The molecular weight excluding hydrogens is 218 g/mol. The predicted octanol–water partition coefficient (Wildman–Crippen LogP) is 5.04. The zero-order chi connectivity index (χ0) is 12.7. The van der Waals surface area contributed by atoms with Crippen molar-refractivity contribution >= 4 is 0 Å². The maximum Gasteiger partial charge on any atom is -0.00179 e. The average molecular weight is 251 g/mol. The Kier molecular flexibility index (Phi) is 6.01. The van der Waals surface area contributed by atoms with Gasteiger partial charge in [-0.3, -0.25) is 0 Å². The lowest BCUT2D eigenvalue weighted by Crippen LogP contribution is -2.39. The van der Waals surface area contributed by atoms with E-state index in [0.29, 0.717) is 5.41 Å². The van der Waals surface area contributed by atoms with E-state index < -0.39 is 0 Å². The number of nitrogens with two attached hydrogens (primary N) is 1. The van der Waals surface area contributed by atoms with Crippen molar-refractivity contribution in [2.24, 2.45) is 17.1 Å². The minimum atomic E-state index is 0.526. The van der Waals surface area contributed by atoms with Crippen molar-refractivity contribution in [1.82, 2.24) is 0 Å². The van der Waals surface area contributed by atoms with Crippen LogP contribution >= 0.6 is 0 Å². The first-order chi connectivity index (χ1) is 8.87. The van der Waals surface area contributed by atoms with Gasteiger partial charge in [-0.1, -0.05) is 64.2 Å². The average Bonchev–Trinajstić information content (AvgIpc) is 2.30. The molecule has 2 rings (SSSR count). The molecule has 0 unspecified atom stereocenters. The van der Waals surface area contributed by atoms with Gasteiger partial charge >= 0.3 is 0 Å². The van der Waals surface area contributed by atoms with E-state index in [0.717, 1.165) is 12.5 Å². The molecule has 2 N–H and O–H groups in total. The Bertz CT molecular complexity index is 208. The largest absolute Gasteiger partial charge is 0.330 e. The van der Waals surface area contributed by atoms with E-state index in [1.54, 1.807) is 0 Å². The van der Waals surface area contributed by atoms with Crippen molar-refractivity contribution in [3.8, 4) is 0 Å². The van der Waals surface area contributed by atoms with Crippen LogP contribution in [0.1, 0.15) is 89.9 Å². The van der Waals surface area contributed by atoms with Crippen LogP contribution in [-0.2, 0) is 0 Å². The van der Waals surface area contributed by atoms with Crippen LogP contribution in [0, 0.1) is 11.3 Å². The van der Waals surface area contributed by atoms with Crippen molar-refractivity contribution in [2.45, 2.75) is 89.9 Å². The van der Waals surface area contributed by atoms with Gasteiger partial charge in [0.05, 0.1) is 0 Å². The summed E-state index contributed by atoms with van der Waals surface area (Å²) in [5.41, 5.74) is 6.81. The van der Waals surface area contributed by atoms with Gasteiger partial charge in [0.25, 0.3) is 0 Å². The van der Waals surface area contributed by atoms with Crippen LogP contribution in [0.15, 0.2) is 0 Å². The summed E-state index contributed by atoms with van der Waals surface area (Å²) in [6, 6.07) is 0. The molecule has 1 nitrogen and oxygen atoms in total. The minimum absolute atomic E-state index is 0.526. The molecule has 0 bridgehead atoms. The molecule has 1 heteroatoms.